The molecular weight excluding hydrogens is 354 g/mol. The minimum atomic E-state index is -0.123. The van der Waals surface area contributed by atoms with E-state index in [2.05, 4.69) is 28.4 Å². The summed E-state index contributed by atoms with van der Waals surface area (Å²) < 4.78 is 1.26. The largest absolute Gasteiger partial charge is 0.325 e. The molecule has 1 N–H and O–H groups in total. The highest BCUT2D eigenvalue weighted by Crippen LogP contribution is 2.34. The number of aromatic nitrogens is 1. The summed E-state index contributed by atoms with van der Waals surface area (Å²) in [6, 6.07) is 16.2. The number of anilines is 1. The summed E-state index contributed by atoms with van der Waals surface area (Å²) in [7, 11) is 0. The third-order valence-electron chi connectivity index (χ3n) is 5.40. The van der Waals surface area contributed by atoms with E-state index in [-0.39, 0.29) is 11.9 Å². The Morgan fingerprint density at radius 1 is 1.19 bits per heavy atom. The van der Waals surface area contributed by atoms with Crippen molar-refractivity contribution in [3.63, 3.8) is 0 Å². The maximum atomic E-state index is 12.6. The van der Waals surface area contributed by atoms with E-state index in [1.807, 2.05) is 55.5 Å². The van der Waals surface area contributed by atoms with Gasteiger partial charge in [0.1, 0.15) is 0 Å². The Bertz CT molecular complexity index is 910. The van der Waals surface area contributed by atoms with Crippen molar-refractivity contribution in [3.8, 4) is 0 Å². The van der Waals surface area contributed by atoms with Crippen LogP contribution in [-0.2, 0) is 4.79 Å². The first-order valence-corrected chi connectivity index (χ1v) is 10.4. The molecule has 1 atom stereocenters. The number of para-hydroxylation sites is 1. The van der Waals surface area contributed by atoms with Crippen LogP contribution >= 0.6 is 11.3 Å². The second-order valence-electron chi connectivity index (χ2n) is 7.36. The van der Waals surface area contributed by atoms with E-state index in [0.29, 0.717) is 5.92 Å². The average molecular weight is 380 g/mol. The number of carbonyl (C=O) groups is 1. The van der Waals surface area contributed by atoms with Crippen molar-refractivity contribution in [1.82, 2.24) is 9.88 Å². The molecule has 1 aliphatic heterocycles. The predicted octanol–water partition coefficient (Wildman–Crippen LogP) is 4.81. The van der Waals surface area contributed by atoms with Crippen LogP contribution in [0.2, 0.25) is 0 Å². The smallest absolute Gasteiger partial charge is 0.241 e. The van der Waals surface area contributed by atoms with Crippen molar-refractivity contribution in [3.05, 3.63) is 59.1 Å². The Morgan fingerprint density at radius 2 is 1.96 bits per heavy atom. The van der Waals surface area contributed by atoms with Gasteiger partial charge in [0.05, 0.1) is 21.3 Å². The summed E-state index contributed by atoms with van der Waals surface area (Å²) in [5.41, 5.74) is 3.12. The van der Waals surface area contributed by atoms with Crippen molar-refractivity contribution in [1.29, 1.82) is 0 Å². The van der Waals surface area contributed by atoms with Gasteiger partial charge in [-0.3, -0.25) is 9.69 Å². The molecule has 5 heteroatoms. The summed E-state index contributed by atoms with van der Waals surface area (Å²) in [6.07, 6.45) is 2.11. The molecule has 0 aliphatic carbocycles. The topological polar surface area (TPSA) is 45.2 Å². The minimum absolute atomic E-state index is 0.0686. The highest BCUT2D eigenvalue weighted by molar-refractivity contribution is 7.18. The lowest BCUT2D eigenvalue weighted by Crippen LogP contribution is -2.45. The van der Waals surface area contributed by atoms with Gasteiger partial charge in [0.25, 0.3) is 0 Å². The molecule has 27 heavy (non-hydrogen) atoms. The molecule has 1 amide bonds. The van der Waals surface area contributed by atoms with Gasteiger partial charge in [0.2, 0.25) is 5.91 Å². The highest BCUT2D eigenvalue weighted by atomic mass is 32.1. The Balaban J connectivity index is 1.36. The van der Waals surface area contributed by atoms with Crippen molar-refractivity contribution in [2.24, 2.45) is 0 Å². The molecule has 0 bridgehead atoms. The van der Waals surface area contributed by atoms with Crippen molar-refractivity contribution >= 4 is 33.1 Å². The number of benzene rings is 2. The standard InChI is InChI=1S/C22H25N3OS/c1-15-6-5-7-18(14-15)23-21(26)16(2)25-12-10-17(11-13-25)22-24-19-8-3-4-9-20(19)27-22/h3-9,14,16-17H,10-13H2,1-2H3,(H,23,26). The van der Waals surface area contributed by atoms with Gasteiger partial charge in [-0.05, 0) is 69.6 Å². The number of thiazole rings is 1. The fourth-order valence-corrected chi connectivity index (χ4v) is 4.87. The van der Waals surface area contributed by atoms with Crippen LogP contribution in [0.15, 0.2) is 48.5 Å². The van der Waals surface area contributed by atoms with Crippen LogP contribution in [0.1, 0.15) is 36.3 Å². The number of amides is 1. The van der Waals surface area contributed by atoms with Gasteiger partial charge >= 0.3 is 0 Å². The molecule has 1 unspecified atom stereocenters. The van der Waals surface area contributed by atoms with E-state index in [9.17, 15) is 4.79 Å². The second-order valence-corrected chi connectivity index (χ2v) is 8.43. The molecule has 0 saturated carbocycles. The normalized spacial score (nSPS) is 17.1. The van der Waals surface area contributed by atoms with E-state index in [1.165, 1.54) is 9.71 Å². The van der Waals surface area contributed by atoms with E-state index in [4.69, 9.17) is 4.98 Å². The van der Waals surface area contributed by atoms with E-state index in [1.54, 1.807) is 0 Å². The molecule has 1 aromatic heterocycles. The van der Waals surface area contributed by atoms with E-state index in [0.717, 1.165) is 42.7 Å². The molecule has 4 rings (SSSR count). The number of nitrogens with zero attached hydrogens (tertiary/aromatic N) is 2. The highest BCUT2D eigenvalue weighted by Gasteiger charge is 2.28. The molecule has 1 fully saturated rings. The summed E-state index contributed by atoms with van der Waals surface area (Å²) >= 11 is 1.81. The van der Waals surface area contributed by atoms with Crippen LogP contribution in [0.4, 0.5) is 5.69 Å². The first kappa shape index (κ1) is 18.1. The predicted molar refractivity (Wildman–Crippen MR) is 112 cm³/mol. The average Bonchev–Trinajstić information content (AvgIpc) is 3.12. The second kappa shape index (κ2) is 7.79. The Kier molecular flexibility index (Phi) is 5.23. The molecule has 1 aliphatic rings. The number of nitrogens with one attached hydrogen (secondary N) is 1. The molecule has 0 radical (unpaired) electrons. The zero-order valence-electron chi connectivity index (χ0n) is 15.8. The molecule has 2 aromatic carbocycles. The third-order valence-corrected chi connectivity index (χ3v) is 6.60. The quantitative estimate of drug-likeness (QED) is 0.707. The SMILES string of the molecule is Cc1cccc(NC(=O)C(C)N2CCC(c3nc4ccccc4s3)CC2)c1. The minimum Gasteiger partial charge on any atom is -0.325 e. The Morgan fingerprint density at radius 3 is 2.70 bits per heavy atom. The van der Waals surface area contributed by atoms with E-state index >= 15 is 0 Å². The molecule has 4 nitrogen and oxygen atoms in total. The number of rotatable bonds is 4. The summed E-state index contributed by atoms with van der Waals surface area (Å²) in [5, 5.41) is 4.29. The molecule has 140 valence electrons. The summed E-state index contributed by atoms with van der Waals surface area (Å²) in [6.45, 7) is 5.90. The van der Waals surface area contributed by atoms with Gasteiger partial charge in [-0.1, -0.05) is 24.3 Å². The Hall–Kier alpha value is -2.24. The van der Waals surface area contributed by atoms with Gasteiger partial charge in [0.15, 0.2) is 0 Å². The van der Waals surface area contributed by atoms with Gasteiger partial charge in [-0.15, -0.1) is 11.3 Å². The molecule has 3 aromatic rings. The first-order chi connectivity index (χ1) is 13.1. The number of likely N-dealkylation sites (tertiary alicyclic amines) is 1. The van der Waals surface area contributed by atoms with Crippen LogP contribution in [0, 0.1) is 6.92 Å². The number of hydrogen-bond donors (Lipinski definition) is 1. The van der Waals surface area contributed by atoms with Crippen LogP contribution in [-0.4, -0.2) is 34.9 Å². The zero-order valence-corrected chi connectivity index (χ0v) is 16.6. The van der Waals surface area contributed by atoms with Crippen molar-refractivity contribution in [2.45, 2.75) is 38.6 Å². The fraction of sp³-hybridized carbons (Fsp3) is 0.364. The lowest BCUT2D eigenvalue weighted by atomic mass is 9.96. The van der Waals surface area contributed by atoms with Gasteiger partial charge in [-0.2, -0.15) is 0 Å². The number of piperidine rings is 1. The number of hydrogen-bond acceptors (Lipinski definition) is 4. The molecule has 2 heterocycles. The lowest BCUT2D eigenvalue weighted by molar-refractivity contribution is -0.121. The van der Waals surface area contributed by atoms with Gasteiger partial charge in [-0.25, -0.2) is 4.98 Å². The summed E-state index contributed by atoms with van der Waals surface area (Å²) in [4.78, 5) is 19.7. The Labute approximate surface area is 164 Å². The third kappa shape index (κ3) is 4.04. The zero-order chi connectivity index (χ0) is 18.8. The van der Waals surface area contributed by atoms with Crippen LogP contribution in [0.5, 0.6) is 0 Å². The molecular formula is C22H25N3OS. The lowest BCUT2D eigenvalue weighted by Gasteiger charge is -2.34. The van der Waals surface area contributed by atoms with Crippen LogP contribution in [0.25, 0.3) is 10.2 Å². The van der Waals surface area contributed by atoms with E-state index < -0.39 is 0 Å². The summed E-state index contributed by atoms with van der Waals surface area (Å²) in [5.74, 6) is 0.574. The molecule has 1 saturated heterocycles. The van der Waals surface area contributed by atoms with Crippen molar-refractivity contribution in [2.75, 3.05) is 18.4 Å². The van der Waals surface area contributed by atoms with Gasteiger partial charge in [0, 0.05) is 11.6 Å². The monoisotopic (exact) mass is 379 g/mol. The first-order valence-electron chi connectivity index (χ1n) is 9.57. The maximum Gasteiger partial charge on any atom is 0.241 e. The number of carbonyl (C=O) groups excluding carboxylic acids is 1. The number of fused-ring (bicyclic) bond motifs is 1. The van der Waals surface area contributed by atoms with Crippen LogP contribution < -0.4 is 5.32 Å². The van der Waals surface area contributed by atoms with Crippen LogP contribution in [0.3, 0.4) is 0 Å². The maximum absolute atomic E-state index is 12.6. The molecule has 0 spiro atoms. The fourth-order valence-electron chi connectivity index (χ4n) is 3.73. The van der Waals surface area contributed by atoms with Crippen molar-refractivity contribution < 1.29 is 4.79 Å². The number of aryl methyl sites for hydroxylation is 1. The van der Waals surface area contributed by atoms with Gasteiger partial charge < -0.3 is 5.32 Å².